The van der Waals surface area contributed by atoms with E-state index in [2.05, 4.69) is 31.2 Å². The van der Waals surface area contributed by atoms with E-state index >= 15 is 0 Å². The molecule has 1 aromatic rings. The van der Waals surface area contributed by atoms with Crippen molar-refractivity contribution in [2.24, 2.45) is 5.92 Å². The van der Waals surface area contributed by atoms with Crippen LogP contribution in [0.25, 0.3) is 0 Å². The van der Waals surface area contributed by atoms with E-state index in [0.717, 1.165) is 12.8 Å². The number of amides is 1. The van der Waals surface area contributed by atoms with Crippen LogP contribution in [0.4, 0.5) is 0 Å². The first-order valence-corrected chi connectivity index (χ1v) is 6.85. The average molecular weight is 251 g/mol. The number of hydrogen-bond donors (Lipinski definition) is 1. The van der Waals surface area contributed by atoms with E-state index in [4.69, 9.17) is 0 Å². The molecule has 1 unspecified atom stereocenters. The zero-order valence-electron chi connectivity index (χ0n) is 12.1. The number of hydrogen-bond acceptors (Lipinski definition) is 2. The lowest BCUT2D eigenvalue weighted by Gasteiger charge is -2.22. The lowest BCUT2D eigenvalue weighted by Crippen LogP contribution is -2.38. The van der Waals surface area contributed by atoms with Gasteiger partial charge in [0.1, 0.15) is 5.69 Å². The number of aromatic nitrogens is 2. The Balaban J connectivity index is 2.73. The van der Waals surface area contributed by atoms with Crippen molar-refractivity contribution in [2.75, 3.05) is 0 Å². The molecule has 0 aliphatic rings. The van der Waals surface area contributed by atoms with Crippen LogP contribution in [-0.2, 0) is 0 Å². The number of rotatable bonds is 6. The third kappa shape index (κ3) is 3.34. The number of nitrogens with one attached hydrogen (secondary N) is 1. The molecule has 1 atom stereocenters. The zero-order chi connectivity index (χ0) is 13.7. The highest BCUT2D eigenvalue weighted by atomic mass is 16.2. The van der Waals surface area contributed by atoms with E-state index < -0.39 is 0 Å². The van der Waals surface area contributed by atoms with Crippen molar-refractivity contribution in [3.63, 3.8) is 0 Å². The van der Waals surface area contributed by atoms with Crippen LogP contribution in [0.5, 0.6) is 0 Å². The van der Waals surface area contributed by atoms with E-state index in [0.29, 0.717) is 11.6 Å². The zero-order valence-corrected chi connectivity index (χ0v) is 12.1. The van der Waals surface area contributed by atoms with Gasteiger partial charge in [0.15, 0.2) is 0 Å². The molecule has 102 valence electrons. The second-order valence-corrected chi connectivity index (χ2v) is 5.09. The minimum atomic E-state index is -0.0272. The fourth-order valence-corrected chi connectivity index (χ4v) is 2.30. The van der Waals surface area contributed by atoms with Crippen LogP contribution in [0.2, 0.25) is 0 Å². The lowest BCUT2D eigenvalue weighted by atomic mass is 9.95. The normalized spacial score (nSPS) is 13.1. The van der Waals surface area contributed by atoms with Crippen molar-refractivity contribution in [1.29, 1.82) is 0 Å². The molecular weight excluding hydrogens is 226 g/mol. The maximum Gasteiger partial charge on any atom is 0.269 e. The maximum absolute atomic E-state index is 12.2. The summed E-state index contributed by atoms with van der Waals surface area (Å²) in [4.78, 5) is 12.2. The van der Waals surface area contributed by atoms with Gasteiger partial charge in [0.25, 0.3) is 5.91 Å². The van der Waals surface area contributed by atoms with Crippen molar-refractivity contribution in [3.05, 3.63) is 18.0 Å². The molecule has 0 aliphatic carbocycles. The van der Waals surface area contributed by atoms with Gasteiger partial charge >= 0.3 is 0 Å². The Kier molecular flexibility index (Phi) is 5.38. The van der Waals surface area contributed by atoms with Crippen molar-refractivity contribution in [1.82, 2.24) is 15.1 Å². The van der Waals surface area contributed by atoms with Gasteiger partial charge in [-0.15, -0.1) is 0 Å². The molecule has 4 heteroatoms. The van der Waals surface area contributed by atoms with Gasteiger partial charge in [0, 0.05) is 18.3 Å². The molecule has 1 rings (SSSR count). The predicted molar refractivity (Wildman–Crippen MR) is 73.6 cm³/mol. The summed E-state index contributed by atoms with van der Waals surface area (Å²) in [6, 6.07) is 2.17. The monoisotopic (exact) mass is 251 g/mol. The quantitative estimate of drug-likeness (QED) is 0.844. The van der Waals surface area contributed by atoms with Gasteiger partial charge in [-0.1, -0.05) is 26.7 Å². The minimum Gasteiger partial charge on any atom is -0.348 e. The second kappa shape index (κ2) is 6.57. The standard InChI is InChI=1S/C14H25N3O/c1-6-12(7-2)11(5)16-14(18)13-8-9-15-17(13)10(3)4/h8-12H,6-7H2,1-5H3,(H,16,18). The fraction of sp³-hybridized carbons (Fsp3) is 0.714. The SMILES string of the molecule is CCC(CC)C(C)NC(=O)c1ccnn1C(C)C. The molecule has 1 amide bonds. The van der Waals surface area contributed by atoms with Crippen molar-refractivity contribution < 1.29 is 4.79 Å². The molecule has 1 aromatic heterocycles. The molecule has 4 nitrogen and oxygen atoms in total. The highest BCUT2D eigenvalue weighted by Gasteiger charge is 2.19. The number of carbonyl (C=O) groups is 1. The van der Waals surface area contributed by atoms with Crippen LogP contribution < -0.4 is 5.32 Å². The summed E-state index contributed by atoms with van der Waals surface area (Å²) in [7, 11) is 0. The second-order valence-electron chi connectivity index (χ2n) is 5.09. The van der Waals surface area contributed by atoms with Gasteiger partial charge in [0.2, 0.25) is 0 Å². The Morgan fingerprint density at radius 3 is 2.44 bits per heavy atom. The Bertz CT molecular complexity index is 380. The first-order chi connectivity index (χ1) is 8.51. The van der Waals surface area contributed by atoms with E-state index in [1.807, 2.05) is 13.8 Å². The predicted octanol–water partition coefficient (Wildman–Crippen LogP) is 3.02. The van der Waals surface area contributed by atoms with Gasteiger partial charge in [-0.25, -0.2) is 0 Å². The molecule has 0 spiro atoms. The van der Waals surface area contributed by atoms with Gasteiger partial charge < -0.3 is 5.32 Å². The Labute approximate surface area is 110 Å². The molecule has 0 fully saturated rings. The van der Waals surface area contributed by atoms with Crippen LogP contribution >= 0.6 is 0 Å². The third-order valence-electron chi connectivity index (χ3n) is 3.51. The lowest BCUT2D eigenvalue weighted by molar-refractivity contribution is 0.0912. The van der Waals surface area contributed by atoms with Crippen LogP contribution in [-0.4, -0.2) is 21.7 Å². The highest BCUT2D eigenvalue weighted by molar-refractivity contribution is 5.92. The summed E-state index contributed by atoms with van der Waals surface area (Å²) in [6.45, 7) is 10.4. The average Bonchev–Trinajstić information content (AvgIpc) is 2.79. The van der Waals surface area contributed by atoms with Crippen LogP contribution in [0.15, 0.2) is 12.3 Å². The van der Waals surface area contributed by atoms with Crippen molar-refractivity contribution >= 4 is 5.91 Å². The summed E-state index contributed by atoms with van der Waals surface area (Å²) in [6.07, 6.45) is 3.85. The highest BCUT2D eigenvalue weighted by Crippen LogP contribution is 2.14. The fourth-order valence-electron chi connectivity index (χ4n) is 2.30. The largest absolute Gasteiger partial charge is 0.348 e. The smallest absolute Gasteiger partial charge is 0.269 e. The van der Waals surface area contributed by atoms with Crippen molar-refractivity contribution in [2.45, 2.75) is 59.5 Å². The van der Waals surface area contributed by atoms with E-state index in [9.17, 15) is 4.79 Å². The first-order valence-electron chi connectivity index (χ1n) is 6.85. The molecule has 1 N–H and O–H groups in total. The summed E-state index contributed by atoms with van der Waals surface area (Å²) in [5.41, 5.74) is 0.641. The van der Waals surface area contributed by atoms with Gasteiger partial charge in [-0.3, -0.25) is 9.48 Å². The minimum absolute atomic E-state index is 0.0272. The van der Waals surface area contributed by atoms with E-state index in [1.165, 1.54) is 0 Å². The Morgan fingerprint density at radius 2 is 1.94 bits per heavy atom. The molecule has 0 radical (unpaired) electrons. The summed E-state index contributed by atoms with van der Waals surface area (Å²) < 4.78 is 1.76. The topological polar surface area (TPSA) is 46.9 Å². The number of nitrogens with zero attached hydrogens (tertiary/aromatic N) is 2. The molecular formula is C14H25N3O. The third-order valence-corrected chi connectivity index (χ3v) is 3.51. The van der Waals surface area contributed by atoms with Gasteiger partial charge in [0.05, 0.1) is 0 Å². The van der Waals surface area contributed by atoms with Gasteiger partial charge in [-0.05, 0) is 32.8 Å². The van der Waals surface area contributed by atoms with Gasteiger partial charge in [-0.2, -0.15) is 5.10 Å². The summed E-state index contributed by atoms with van der Waals surface area (Å²) in [5, 5.41) is 7.26. The summed E-state index contributed by atoms with van der Waals surface area (Å²) >= 11 is 0. The first kappa shape index (κ1) is 14.7. The Hall–Kier alpha value is -1.32. The number of carbonyl (C=O) groups excluding carboxylic acids is 1. The van der Waals surface area contributed by atoms with E-state index in [1.54, 1.807) is 16.9 Å². The molecule has 1 heterocycles. The maximum atomic E-state index is 12.2. The molecule has 0 aromatic carbocycles. The van der Waals surface area contributed by atoms with Crippen LogP contribution in [0.3, 0.4) is 0 Å². The molecule has 18 heavy (non-hydrogen) atoms. The van der Waals surface area contributed by atoms with E-state index in [-0.39, 0.29) is 18.0 Å². The molecule has 0 aliphatic heterocycles. The molecule has 0 bridgehead atoms. The van der Waals surface area contributed by atoms with Crippen LogP contribution in [0.1, 0.15) is 64.0 Å². The molecule has 0 saturated heterocycles. The van der Waals surface area contributed by atoms with Crippen molar-refractivity contribution in [3.8, 4) is 0 Å². The Morgan fingerprint density at radius 1 is 1.33 bits per heavy atom. The van der Waals surface area contributed by atoms with Crippen LogP contribution in [0, 0.1) is 5.92 Å². The summed E-state index contributed by atoms with van der Waals surface area (Å²) in [5.74, 6) is 0.505. The molecule has 0 saturated carbocycles.